The van der Waals surface area contributed by atoms with E-state index in [1.807, 2.05) is 20.9 Å². The minimum absolute atomic E-state index is 0.0312. The monoisotopic (exact) mass is 230 g/mol. The fourth-order valence-corrected chi connectivity index (χ4v) is 2.67. The highest BCUT2D eigenvalue weighted by Gasteiger charge is 2.52. The molecule has 0 aromatic carbocycles. The van der Waals surface area contributed by atoms with Gasteiger partial charge in [-0.15, -0.1) is 0 Å². The molecule has 4 nitrogen and oxygen atoms in total. The first-order valence-electron chi connectivity index (χ1n) is 5.96. The summed E-state index contributed by atoms with van der Waals surface area (Å²) in [4.78, 5) is 2.11. The normalized spacial score (nSPS) is 32.2. The molecule has 1 rings (SSSR count). The van der Waals surface area contributed by atoms with E-state index >= 15 is 0 Å². The maximum Gasteiger partial charge on any atom is 0.0788 e. The van der Waals surface area contributed by atoms with Crippen LogP contribution in [0.15, 0.2) is 0 Å². The van der Waals surface area contributed by atoms with Crippen LogP contribution in [0.1, 0.15) is 27.7 Å². The van der Waals surface area contributed by atoms with Crippen LogP contribution in [0.3, 0.4) is 0 Å². The van der Waals surface area contributed by atoms with Crippen molar-refractivity contribution in [3.8, 4) is 0 Å². The molecule has 2 atom stereocenters. The second-order valence-corrected chi connectivity index (χ2v) is 5.93. The number of rotatable bonds is 4. The van der Waals surface area contributed by atoms with Crippen LogP contribution in [0.5, 0.6) is 0 Å². The predicted octanol–water partition coefficient (Wildman–Crippen LogP) is 0.441. The lowest BCUT2D eigenvalue weighted by atomic mass is 9.83. The average Bonchev–Trinajstić information content (AvgIpc) is 2.24. The Kier molecular flexibility index (Phi) is 4.00. The van der Waals surface area contributed by atoms with Gasteiger partial charge >= 0.3 is 0 Å². The Labute approximate surface area is 98.8 Å². The van der Waals surface area contributed by atoms with Crippen LogP contribution in [0, 0.1) is 5.92 Å². The first kappa shape index (κ1) is 13.9. The third-order valence-corrected chi connectivity index (χ3v) is 3.65. The van der Waals surface area contributed by atoms with Gasteiger partial charge in [0.2, 0.25) is 0 Å². The number of aliphatic hydroxyl groups is 1. The van der Waals surface area contributed by atoms with Gasteiger partial charge in [-0.1, -0.05) is 0 Å². The lowest BCUT2D eigenvalue weighted by Crippen LogP contribution is -2.47. The molecule has 3 N–H and O–H groups in total. The highest BCUT2D eigenvalue weighted by molar-refractivity contribution is 5.04. The minimum Gasteiger partial charge on any atom is -0.395 e. The van der Waals surface area contributed by atoms with Crippen molar-refractivity contribution >= 4 is 0 Å². The summed E-state index contributed by atoms with van der Waals surface area (Å²) >= 11 is 0. The molecule has 0 bridgehead atoms. The molecule has 0 radical (unpaired) electrons. The standard InChI is InChI=1S/C12H26N2O2/c1-11(2)9(8-14(5)6-7-15)10(13)12(3,4)16-11/h9-10,15H,6-8,13H2,1-5H3. The van der Waals surface area contributed by atoms with E-state index in [0.717, 1.165) is 6.54 Å². The molecule has 1 aliphatic rings. The van der Waals surface area contributed by atoms with E-state index in [-0.39, 0.29) is 23.9 Å². The minimum atomic E-state index is -0.270. The van der Waals surface area contributed by atoms with Crippen LogP contribution in [0.25, 0.3) is 0 Å². The Hall–Kier alpha value is -0.160. The number of nitrogens with two attached hydrogens (primary N) is 1. The summed E-state index contributed by atoms with van der Waals surface area (Å²) in [7, 11) is 2.00. The maximum atomic E-state index is 8.91. The predicted molar refractivity (Wildman–Crippen MR) is 65.3 cm³/mol. The molecule has 0 saturated carbocycles. The number of nitrogens with zero attached hydrogens (tertiary/aromatic N) is 1. The molecule has 0 aromatic rings. The summed E-state index contributed by atoms with van der Waals surface area (Å²) < 4.78 is 6.03. The molecule has 0 aliphatic carbocycles. The van der Waals surface area contributed by atoms with Gasteiger partial charge in [0.1, 0.15) is 0 Å². The molecule has 0 spiro atoms. The first-order valence-corrected chi connectivity index (χ1v) is 5.96. The Morgan fingerprint density at radius 2 is 1.81 bits per heavy atom. The fourth-order valence-electron chi connectivity index (χ4n) is 2.67. The van der Waals surface area contributed by atoms with Crippen LogP contribution in [-0.4, -0.2) is 54.0 Å². The first-order chi connectivity index (χ1) is 7.20. The second-order valence-electron chi connectivity index (χ2n) is 5.93. The molecule has 16 heavy (non-hydrogen) atoms. The van der Waals surface area contributed by atoms with Gasteiger partial charge in [0.15, 0.2) is 0 Å². The quantitative estimate of drug-likeness (QED) is 0.736. The summed E-state index contributed by atoms with van der Waals surface area (Å²) in [5, 5.41) is 8.91. The fraction of sp³-hybridized carbons (Fsp3) is 1.00. The topological polar surface area (TPSA) is 58.7 Å². The largest absolute Gasteiger partial charge is 0.395 e. The van der Waals surface area contributed by atoms with E-state index in [0.29, 0.717) is 12.5 Å². The van der Waals surface area contributed by atoms with Crippen LogP contribution in [-0.2, 0) is 4.74 Å². The molecule has 96 valence electrons. The van der Waals surface area contributed by atoms with Crippen molar-refractivity contribution in [2.24, 2.45) is 11.7 Å². The number of aliphatic hydroxyl groups excluding tert-OH is 1. The summed E-state index contributed by atoms with van der Waals surface area (Å²) in [6, 6.07) is 0.0312. The van der Waals surface area contributed by atoms with Crippen LogP contribution in [0.2, 0.25) is 0 Å². The lowest BCUT2D eigenvalue weighted by molar-refractivity contribution is -0.0782. The van der Waals surface area contributed by atoms with Crippen molar-refractivity contribution in [2.75, 3.05) is 26.7 Å². The zero-order valence-electron chi connectivity index (χ0n) is 11.2. The van der Waals surface area contributed by atoms with Gasteiger partial charge < -0.3 is 20.5 Å². The molecule has 1 fully saturated rings. The smallest absolute Gasteiger partial charge is 0.0788 e. The summed E-state index contributed by atoms with van der Waals surface area (Å²) in [5.74, 6) is 0.291. The molecule has 4 heteroatoms. The van der Waals surface area contributed by atoms with E-state index in [1.54, 1.807) is 0 Å². The second kappa shape index (κ2) is 4.61. The average molecular weight is 230 g/mol. The van der Waals surface area contributed by atoms with Crippen molar-refractivity contribution in [3.63, 3.8) is 0 Å². The van der Waals surface area contributed by atoms with Gasteiger partial charge in [0, 0.05) is 25.0 Å². The molecule has 1 aliphatic heterocycles. The zero-order chi connectivity index (χ0) is 12.6. The van der Waals surface area contributed by atoms with Crippen molar-refractivity contribution < 1.29 is 9.84 Å². The van der Waals surface area contributed by atoms with Gasteiger partial charge in [-0.25, -0.2) is 0 Å². The third kappa shape index (κ3) is 2.74. The van der Waals surface area contributed by atoms with Crippen LogP contribution >= 0.6 is 0 Å². The number of hydrogen-bond donors (Lipinski definition) is 2. The molecule has 2 unspecified atom stereocenters. The summed E-state index contributed by atoms with van der Waals surface area (Å²) in [6.45, 7) is 10.0. The number of hydrogen-bond acceptors (Lipinski definition) is 4. The van der Waals surface area contributed by atoms with Crippen molar-refractivity contribution in [1.29, 1.82) is 0 Å². The molecular formula is C12H26N2O2. The zero-order valence-corrected chi connectivity index (χ0v) is 11.2. The van der Waals surface area contributed by atoms with E-state index in [1.165, 1.54) is 0 Å². The van der Waals surface area contributed by atoms with Gasteiger partial charge in [-0.05, 0) is 34.7 Å². The SMILES string of the molecule is CN(CCO)CC1C(N)C(C)(C)OC1(C)C. The highest BCUT2D eigenvalue weighted by atomic mass is 16.5. The van der Waals surface area contributed by atoms with Gasteiger partial charge in [-0.3, -0.25) is 0 Å². The van der Waals surface area contributed by atoms with Gasteiger partial charge in [0.05, 0.1) is 17.8 Å². The molecule has 1 heterocycles. The Balaban J connectivity index is 2.71. The lowest BCUT2D eigenvalue weighted by Gasteiger charge is -2.31. The summed E-state index contributed by atoms with van der Waals surface area (Å²) in [6.07, 6.45) is 0. The van der Waals surface area contributed by atoms with E-state index in [4.69, 9.17) is 15.6 Å². The van der Waals surface area contributed by atoms with Gasteiger partial charge in [-0.2, -0.15) is 0 Å². The molecule has 0 aromatic heterocycles. The van der Waals surface area contributed by atoms with E-state index < -0.39 is 0 Å². The number of likely N-dealkylation sites (N-methyl/N-ethyl adjacent to an activating group) is 1. The van der Waals surface area contributed by atoms with Crippen LogP contribution in [0.4, 0.5) is 0 Å². The van der Waals surface area contributed by atoms with Crippen LogP contribution < -0.4 is 5.73 Å². The summed E-state index contributed by atoms with van der Waals surface area (Å²) in [5.41, 5.74) is 5.79. The van der Waals surface area contributed by atoms with E-state index in [2.05, 4.69) is 18.7 Å². The third-order valence-electron chi connectivity index (χ3n) is 3.65. The number of ether oxygens (including phenoxy) is 1. The van der Waals surface area contributed by atoms with E-state index in [9.17, 15) is 0 Å². The Morgan fingerprint density at radius 1 is 1.25 bits per heavy atom. The Morgan fingerprint density at radius 3 is 2.19 bits per heavy atom. The van der Waals surface area contributed by atoms with Crippen molar-refractivity contribution in [3.05, 3.63) is 0 Å². The highest BCUT2D eigenvalue weighted by Crippen LogP contribution is 2.41. The van der Waals surface area contributed by atoms with Crippen molar-refractivity contribution in [1.82, 2.24) is 4.90 Å². The van der Waals surface area contributed by atoms with Crippen molar-refractivity contribution in [2.45, 2.75) is 44.9 Å². The van der Waals surface area contributed by atoms with Gasteiger partial charge in [0.25, 0.3) is 0 Å². The molecule has 1 saturated heterocycles. The Bertz CT molecular complexity index is 241. The molecular weight excluding hydrogens is 204 g/mol. The maximum absolute atomic E-state index is 8.91. The molecule has 0 amide bonds.